The summed E-state index contributed by atoms with van der Waals surface area (Å²) in [6, 6.07) is -0.0701. The second-order valence-electron chi connectivity index (χ2n) is 7.35. The van der Waals surface area contributed by atoms with Gasteiger partial charge < -0.3 is 15.5 Å². The third-order valence-corrected chi connectivity index (χ3v) is 5.30. The zero-order valence-electron chi connectivity index (χ0n) is 14.4. The molecule has 2 amide bonds. The molecule has 5 nitrogen and oxygen atoms in total. The van der Waals surface area contributed by atoms with Gasteiger partial charge in [-0.05, 0) is 19.8 Å². The van der Waals surface area contributed by atoms with Crippen molar-refractivity contribution in [1.82, 2.24) is 9.80 Å². The van der Waals surface area contributed by atoms with Crippen molar-refractivity contribution in [3.05, 3.63) is 0 Å². The number of rotatable bonds is 3. The van der Waals surface area contributed by atoms with Crippen molar-refractivity contribution in [2.45, 2.75) is 65.0 Å². The number of hydrogen-bond acceptors (Lipinski definition) is 2. The van der Waals surface area contributed by atoms with Gasteiger partial charge in [0, 0.05) is 37.5 Å². The molecule has 0 aromatic carbocycles. The van der Waals surface area contributed by atoms with E-state index in [0.29, 0.717) is 25.5 Å². The molecule has 22 heavy (non-hydrogen) atoms. The van der Waals surface area contributed by atoms with Crippen molar-refractivity contribution in [1.29, 1.82) is 0 Å². The van der Waals surface area contributed by atoms with E-state index in [2.05, 4.69) is 12.7 Å². The van der Waals surface area contributed by atoms with Gasteiger partial charge in [0.05, 0.1) is 0 Å². The molecule has 1 heterocycles. The standard InChI is InChI=1S/C17H31N3O2/c1-12(2)15(18)17(22)19-9-10-20(13(3)11-19)16(21)14-7-5-4-6-8-14/h12-15H,4-11,18H2,1-3H3/p+1/t13-,15-/m0/s1. The second kappa shape index (κ2) is 7.44. The predicted molar refractivity (Wildman–Crippen MR) is 85.8 cm³/mol. The molecule has 0 radical (unpaired) electrons. The van der Waals surface area contributed by atoms with Gasteiger partial charge in [-0.1, -0.05) is 33.1 Å². The van der Waals surface area contributed by atoms with Crippen LogP contribution in [0.3, 0.4) is 0 Å². The van der Waals surface area contributed by atoms with E-state index in [1.807, 2.05) is 23.6 Å². The summed E-state index contributed by atoms with van der Waals surface area (Å²) in [5.41, 5.74) is 3.99. The normalized spacial score (nSPS) is 25.4. The van der Waals surface area contributed by atoms with Crippen LogP contribution < -0.4 is 5.73 Å². The fourth-order valence-corrected chi connectivity index (χ4v) is 3.59. The zero-order chi connectivity index (χ0) is 16.3. The Hall–Kier alpha value is -1.10. The largest absolute Gasteiger partial charge is 0.347 e. The van der Waals surface area contributed by atoms with Crippen LogP contribution in [0.5, 0.6) is 0 Å². The van der Waals surface area contributed by atoms with Crippen LogP contribution in [0, 0.1) is 11.8 Å². The molecule has 2 fully saturated rings. The fraction of sp³-hybridized carbons (Fsp3) is 0.882. The average molecular weight is 310 g/mol. The number of quaternary nitrogens is 1. The first-order valence-electron chi connectivity index (χ1n) is 8.84. The van der Waals surface area contributed by atoms with Gasteiger partial charge in [-0.15, -0.1) is 0 Å². The summed E-state index contributed by atoms with van der Waals surface area (Å²) in [7, 11) is 0. The van der Waals surface area contributed by atoms with Crippen LogP contribution in [-0.2, 0) is 9.59 Å². The summed E-state index contributed by atoms with van der Waals surface area (Å²) in [5.74, 6) is 0.917. The highest BCUT2D eigenvalue weighted by Gasteiger charge is 2.36. The molecule has 2 aliphatic rings. The third-order valence-electron chi connectivity index (χ3n) is 5.30. The maximum absolute atomic E-state index is 12.7. The van der Waals surface area contributed by atoms with E-state index in [1.54, 1.807) is 0 Å². The van der Waals surface area contributed by atoms with E-state index in [0.717, 1.165) is 12.8 Å². The maximum atomic E-state index is 12.7. The highest BCUT2D eigenvalue weighted by atomic mass is 16.2. The molecule has 0 aromatic heterocycles. The van der Waals surface area contributed by atoms with Crippen LogP contribution in [-0.4, -0.2) is 53.3 Å². The minimum absolute atomic E-state index is 0.117. The SMILES string of the molecule is CC(C)[C@H]([NH3+])C(=O)N1CCN(C(=O)C2CCCCC2)[C@@H](C)C1. The molecule has 0 bridgehead atoms. The summed E-state index contributed by atoms with van der Waals surface area (Å²) >= 11 is 0. The van der Waals surface area contributed by atoms with Crippen LogP contribution in [0.1, 0.15) is 52.9 Å². The maximum Gasteiger partial charge on any atom is 0.281 e. The minimum Gasteiger partial charge on any atom is -0.347 e. The van der Waals surface area contributed by atoms with Gasteiger partial charge in [0.25, 0.3) is 5.91 Å². The monoisotopic (exact) mass is 310 g/mol. The Kier molecular flexibility index (Phi) is 5.84. The number of hydrogen-bond donors (Lipinski definition) is 1. The topological polar surface area (TPSA) is 68.3 Å². The van der Waals surface area contributed by atoms with Gasteiger partial charge in [0.15, 0.2) is 6.04 Å². The first-order chi connectivity index (χ1) is 10.4. The Balaban J connectivity index is 1.92. The molecule has 2 atom stereocenters. The Morgan fingerprint density at radius 3 is 2.27 bits per heavy atom. The molecule has 126 valence electrons. The van der Waals surface area contributed by atoms with E-state index in [9.17, 15) is 9.59 Å². The molecular formula is C17H32N3O2+. The number of carbonyl (C=O) groups is 2. The summed E-state index contributed by atoms with van der Waals surface area (Å²) in [6.45, 7) is 8.10. The second-order valence-corrected chi connectivity index (χ2v) is 7.35. The van der Waals surface area contributed by atoms with Crippen LogP contribution in [0.15, 0.2) is 0 Å². The van der Waals surface area contributed by atoms with E-state index in [1.165, 1.54) is 19.3 Å². The molecule has 1 saturated heterocycles. The van der Waals surface area contributed by atoms with E-state index >= 15 is 0 Å². The summed E-state index contributed by atoms with van der Waals surface area (Å²) in [5, 5.41) is 0. The Morgan fingerprint density at radius 2 is 1.73 bits per heavy atom. The van der Waals surface area contributed by atoms with Crippen molar-refractivity contribution in [2.24, 2.45) is 11.8 Å². The lowest BCUT2D eigenvalue weighted by Gasteiger charge is -2.42. The fourth-order valence-electron chi connectivity index (χ4n) is 3.59. The van der Waals surface area contributed by atoms with Gasteiger partial charge in [-0.25, -0.2) is 0 Å². The number of amides is 2. The van der Waals surface area contributed by atoms with Gasteiger partial charge in [0.2, 0.25) is 5.91 Å². The Labute approximate surface area is 134 Å². The lowest BCUT2D eigenvalue weighted by atomic mass is 9.87. The van der Waals surface area contributed by atoms with Crippen molar-refractivity contribution in [3.63, 3.8) is 0 Å². The smallest absolute Gasteiger partial charge is 0.281 e. The summed E-state index contributed by atoms with van der Waals surface area (Å²) in [4.78, 5) is 29.0. The average Bonchev–Trinajstić information content (AvgIpc) is 2.53. The molecule has 0 spiro atoms. The molecule has 1 aliphatic heterocycles. The summed E-state index contributed by atoms with van der Waals surface area (Å²) in [6.07, 6.45) is 5.71. The van der Waals surface area contributed by atoms with E-state index < -0.39 is 0 Å². The molecule has 2 rings (SSSR count). The van der Waals surface area contributed by atoms with Crippen LogP contribution in [0.2, 0.25) is 0 Å². The Bertz CT molecular complexity index is 405. The van der Waals surface area contributed by atoms with E-state index in [4.69, 9.17) is 0 Å². The van der Waals surface area contributed by atoms with E-state index in [-0.39, 0.29) is 29.8 Å². The van der Waals surface area contributed by atoms with Crippen molar-refractivity contribution >= 4 is 11.8 Å². The first kappa shape index (κ1) is 17.3. The first-order valence-corrected chi connectivity index (χ1v) is 8.84. The number of piperazine rings is 1. The third kappa shape index (κ3) is 3.80. The van der Waals surface area contributed by atoms with Gasteiger partial charge in [0.1, 0.15) is 0 Å². The van der Waals surface area contributed by atoms with Crippen LogP contribution in [0.25, 0.3) is 0 Å². The Morgan fingerprint density at radius 1 is 1.09 bits per heavy atom. The van der Waals surface area contributed by atoms with Crippen molar-refractivity contribution in [2.75, 3.05) is 19.6 Å². The molecular weight excluding hydrogens is 278 g/mol. The molecule has 1 aliphatic carbocycles. The quantitative estimate of drug-likeness (QED) is 0.841. The number of nitrogens with zero attached hydrogens (tertiary/aromatic N) is 2. The highest BCUT2D eigenvalue weighted by Crippen LogP contribution is 2.27. The van der Waals surface area contributed by atoms with Gasteiger partial charge >= 0.3 is 0 Å². The van der Waals surface area contributed by atoms with Crippen molar-refractivity contribution in [3.8, 4) is 0 Å². The molecule has 0 unspecified atom stereocenters. The van der Waals surface area contributed by atoms with Gasteiger partial charge in [-0.2, -0.15) is 0 Å². The molecule has 0 aromatic rings. The van der Waals surface area contributed by atoms with Gasteiger partial charge in [-0.3, -0.25) is 9.59 Å². The highest BCUT2D eigenvalue weighted by molar-refractivity contribution is 5.82. The number of carbonyl (C=O) groups excluding carboxylic acids is 2. The van der Waals surface area contributed by atoms with Crippen molar-refractivity contribution < 1.29 is 15.3 Å². The lowest BCUT2D eigenvalue weighted by Crippen LogP contribution is -2.71. The van der Waals surface area contributed by atoms with Crippen LogP contribution in [0.4, 0.5) is 0 Å². The molecule has 1 saturated carbocycles. The van der Waals surface area contributed by atoms with Crippen LogP contribution >= 0.6 is 0 Å². The predicted octanol–water partition coefficient (Wildman–Crippen LogP) is 0.893. The molecule has 5 heteroatoms. The lowest BCUT2D eigenvalue weighted by molar-refractivity contribution is -0.416. The molecule has 3 N–H and O–H groups in total. The zero-order valence-corrected chi connectivity index (χ0v) is 14.4. The summed E-state index contributed by atoms with van der Waals surface area (Å²) < 4.78 is 0. The minimum atomic E-state index is -0.187.